The normalized spacial score (nSPS) is 12.0. The lowest BCUT2D eigenvalue weighted by Crippen LogP contribution is -2.23. The van der Waals surface area contributed by atoms with Crippen molar-refractivity contribution in [1.82, 2.24) is 0 Å². The monoisotopic (exact) mass is 337 g/mol. The molecule has 0 saturated carbocycles. The van der Waals surface area contributed by atoms with Gasteiger partial charge in [-0.2, -0.15) is 8.78 Å². The van der Waals surface area contributed by atoms with E-state index in [1.54, 1.807) is 19.1 Å². The number of benzene rings is 2. The summed E-state index contributed by atoms with van der Waals surface area (Å²) >= 11 is 1.40. The van der Waals surface area contributed by atoms with E-state index in [0.29, 0.717) is 0 Å². The summed E-state index contributed by atoms with van der Waals surface area (Å²) < 4.78 is 29.2. The minimum absolute atomic E-state index is 0.0524. The molecule has 6 heteroatoms. The smallest absolute Gasteiger partial charge is 0.387 e. The van der Waals surface area contributed by atoms with E-state index < -0.39 is 6.61 Å². The Labute approximate surface area is 138 Å². The zero-order valence-corrected chi connectivity index (χ0v) is 13.6. The molecule has 2 aromatic carbocycles. The molecule has 0 aliphatic carbocycles. The lowest BCUT2D eigenvalue weighted by molar-refractivity contribution is -0.115. The van der Waals surface area contributed by atoms with E-state index in [0.717, 1.165) is 10.5 Å². The van der Waals surface area contributed by atoms with Gasteiger partial charge in [0.05, 0.1) is 10.9 Å². The van der Waals surface area contributed by atoms with Gasteiger partial charge in [-0.15, -0.1) is 11.8 Å². The van der Waals surface area contributed by atoms with Crippen molar-refractivity contribution in [2.24, 2.45) is 0 Å². The van der Waals surface area contributed by atoms with E-state index in [4.69, 9.17) is 0 Å². The second-order valence-corrected chi connectivity index (χ2v) is 6.35. The van der Waals surface area contributed by atoms with E-state index in [9.17, 15) is 13.6 Å². The molecule has 0 radical (unpaired) electrons. The Bertz CT molecular complexity index is 662. The first-order chi connectivity index (χ1) is 11.0. The highest BCUT2D eigenvalue weighted by Gasteiger charge is 2.17. The lowest BCUT2D eigenvalue weighted by Gasteiger charge is -2.15. The van der Waals surface area contributed by atoms with E-state index >= 15 is 0 Å². The highest BCUT2D eigenvalue weighted by Crippen LogP contribution is 2.28. The minimum atomic E-state index is -2.94. The van der Waals surface area contributed by atoms with Crippen LogP contribution < -0.4 is 10.1 Å². The first-order valence-corrected chi connectivity index (χ1v) is 7.91. The number of aryl methyl sites for hydroxylation is 1. The number of thioether (sulfide) groups is 1. The second-order valence-electron chi connectivity index (χ2n) is 4.94. The number of amides is 1. The first kappa shape index (κ1) is 17.3. The summed E-state index contributed by atoms with van der Waals surface area (Å²) in [6.45, 7) is 0.813. The van der Waals surface area contributed by atoms with Gasteiger partial charge in [-0.1, -0.05) is 29.8 Å². The SMILES string of the molecule is Cc1ccc(SC(C)C(=O)Nc2ccccc2OC(F)F)cc1. The lowest BCUT2D eigenvalue weighted by atomic mass is 10.2. The Hall–Kier alpha value is -2.08. The number of hydrogen-bond donors (Lipinski definition) is 1. The van der Waals surface area contributed by atoms with Crippen molar-refractivity contribution < 1.29 is 18.3 Å². The van der Waals surface area contributed by atoms with Gasteiger partial charge in [0.25, 0.3) is 0 Å². The van der Waals surface area contributed by atoms with Crippen molar-refractivity contribution in [2.45, 2.75) is 30.6 Å². The molecule has 1 atom stereocenters. The molecule has 2 rings (SSSR count). The predicted molar refractivity (Wildman–Crippen MR) is 88.2 cm³/mol. The van der Waals surface area contributed by atoms with Crippen molar-refractivity contribution in [2.75, 3.05) is 5.32 Å². The molecule has 1 amide bonds. The molecular formula is C17H17F2NO2S. The number of nitrogens with one attached hydrogen (secondary N) is 1. The Balaban J connectivity index is 2.02. The van der Waals surface area contributed by atoms with E-state index in [1.165, 1.54) is 23.9 Å². The van der Waals surface area contributed by atoms with Crippen LogP contribution in [0.15, 0.2) is 53.4 Å². The Morgan fingerprint density at radius 3 is 2.43 bits per heavy atom. The van der Waals surface area contributed by atoms with Gasteiger partial charge in [0.2, 0.25) is 5.91 Å². The summed E-state index contributed by atoms with van der Waals surface area (Å²) in [5.74, 6) is -0.329. The summed E-state index contributed by atoms with van der Waals surface area (Å²) in [4.78, 5) is 13.2. The summed E-state index contributed by atoms with van der Waals surface area (Å²) in [6, 6.07) is 14.0. The molecule has 0 aliphatic rings. The van der Waals surface area contributed by atoms with Gasteiger partial charge < -0.3 is 10.1 Å². The third-order valence-electron chi connectivity index (χ3n) is 3.06. The zero-order valence-electron chi connectivity index (χ0n) is 12.8. The molecular weight excluding hydrogens is 320 g/mol. The number of anilines is 1. The molecule has 0 heterocycles. The average Bonchev–Trinajstić information content (AvgIpc) is 2.51. The van der Waals surface area contributed by atoms with Gasteiger partial charge in [-0.25, -0.2) is 0 Å². The molecule has 0 fully saturated rings. The van der Waals surface area contributed by atoms with Gasteiger partial charge in [0, 0.05) is 4.90 Å². The molecule has 3 nitrogen and oxygen atoms in total. The number of alkyl halides is 2. The maximum absolute atomic E-state index is 12.4. The number of para-hydroxylation sites is 2. The van der Waals surface area contributed by atoms with E-state index in [2.05, 4.69) is 10.1 Å². The van der Waals surface area contributed by atoms with Crippen LogP contribution in [0.25, 0.3) is 0 Å². The fourth-order valence-corrected chi connectivity index (χ4v) is 2.74. The van der Waals surface area contributed by atoms with Crippen LogP contribution in [0.4, 0.5) is 14.5 Å². The number of rotatable bonds is 6. The molecule has 1 N–H and O–H groups in total. The number of ether oxygens (including phenoxy) is 1. The summed E-state index contributed by atoms with van der Waals surface area (Å²) in [6.07, 6.45) is 0. The molecule has 0 aliphatic heterocycles. The van der Waals surface area contributed by atoms with Crippen molar-refractivity contribution in [1.29, 1.82) is 0 Å². The molecule has 122 valence electrons. The second kappa shape index (κ2) is 7.97. The standard InChI is InChI=1S/C17H17F2NO2S/c1-11-7-9-13(10-8-11)23-12(2)16(21)20-14-5-3-4-6-15(14)22-17(18)19/h3-10,12,17H,1-2H3,(H,20,21). The quantitative estimate of drug-likeness (QED) is 0.776. The largest absolute Gasteiger partial charge is 0.433 e. The topological polar surface area (TPSA) is 38.3 Å². The maximum atomic E-state index is 12.4. The van der Waals surface area contributed by atoms with Gasteiger partial charge in [0.1, 0.15) is 5.75 Å². The van der Waals surface area contributed by atoms with Gasteiger partial charge in [0.15, 0.2) is 0 Å². The predicted octanol–water partition coefficient (Wildman–Crippen LogP) is 4.72. The van der Waals surface area contributed by atoms with Crippen molar-refractivity contribution in [3.63, 3.8) is 0 Å². The molecule has 2 aromatic rings. The summed E-state index contributed by atoms with van der Waals surface area (Å²) in [5, 5.41) is 2.25. The van der Waals surface area contributed by atoms with Crippen LogP contribution in [0.3, 0.4) is 0 Å². The third-order valence-corrected chi connectivity index (χ3v) is 4.18. The molecule has 23 heavy (non-hydrogen) atoms. The molecule has 0 spiro atoms. The van der Waals surface area contributed by atoms with Crippen molar-refractivity contribution in [3.8, 4) is 5.75 Å². The molecule has 1 unspecified atom stereocenters. The zero-order chi connectivity index (χ0) is 16.8. The highest BCUT2D eigenvalue weighted by atomic mass is 32.2. The van der Waals surface area contributed by atoms with Crippen LogP contribution >= 0.6 is 11.8 Å². The van der Waals surface area contributed by atoms with E-state index in [-0.39, 0.29) is 22.6 Å². The molecule has 0 bridgehead atoms. The van der Waals surface area contributed by atoms with Crippen LogP contribution in [0.2, 0.25) is 0 Å². The van der Waals surface area contributed by atoms with Gasteiger partial charge in [-0.05, 0) is 38.1 Å². The van der Waals surface area contributed by atoms with E-state index in [1.807, 2.05) is 31.2 Å². The average molecular weight is 337 g/mol. The summed E-state index contributed by atoms with van der Waals surface area (Å²) in [7, 11) is 0. The van der Waals surface area contributed by atoms with Crippen molar-refractivity contribution >= 4 is 23.4 Å². The number of carbonyl (C=O) groups excluding carboxylic acids is 1. The Morgan fingerprint density at radius 2 is 1.78 bits per heavy atom. The third kappa shape index (κ3) is 5.25. The van der Waals surface area contributed by atoms with Crippen LogP contribution in [0.1, 0.15) is 12.5 Å². The van der Waals surface area contributed by atoms with Crippen LogP contribution in [0.5, 0.6) is 5.75 Å². The van der Waals surface area contributed by atoms with Gasteiger partial charge >= 0.3 is 6.61 Å². The Kier molecular flexibility index (Phi) is 5.98. The number of hydrogen-bond acceptors (Lipinski definition) is 3. The Morgan fingerprint density at radius 1 is 1.13 bits per heavy atom. The minimum Gasteiger partial charge on any atom is -0.433 e. The first-order valence-electron chi connectivity index (χ1n) is 7.03. The summed E-state index contributed by atoms with van der Waals surface area (Å²) in [5.41, 5.74) is 1.37. The fourth-order valence-electron chi connectivity index (χ4n) is 1.88. The maximum Gasteiger partial charge on any atom is 0.387 e. The van der Waals surface area contributed by atoms with Gasteiger partial charge in [-0.3, -0.25) is 4.79 Å². The number of carbonyl (C=O) groups is 1. The van der Waals surface area contributed by atoms with Crippen LogP contribution in [-0.4, -0.2) is 17.8 Å². The van der Waals surface area contributed by atoms with Crippen LogP contribution in [0, 0.1) is 6.92 Å². The highest BCUT2D eigenvalue weighted by molar-refractivity contribution is 8.00. The van der Waals surface area contributed by atoms with Crippen molar-refractivity contribution in [3.05, 3.63) is 54.1 Å². The fraction of sp³-hybridized carbons (Fsp3) is 0.235. The van der Waals surface area contributed by atoms with Crippen LogP contribution in [-0.2, 0) is 4.79 Å². The number of halogens is 2. The molecule has 0 saturated heterocycles. The molecule has 0 aromatic heterocycles.